The molecular formula is C9H21O6P. The summed E-state index contributed by atoms with van der Waals surface area (Å²) in [6, 6.07) is 0. The minimum absolute atomic E-state index is 0.0223. The van der Waals surface area contributed by atoms with Crippen LogP contribution >= 0.6 is 8.60 Å². The monoisotopic (exact) mass is 256 g/mol. The largest absolute Gasteiger partial charge is 0.394 e. The van der Waals surface area contributed by atoms with Crippen molar-refractivity contribution < 1.29 is 28.9 Å². The van der Waals surface area contributed by atoms with Gasteiger partial charge in [0.1, 0.15) is 0 Å². The van der Waals surface area contributed by atoms with Gasteiger partial charge < -0.3 is 28.9 Å². The van der Waals surface area contributed by atoms with Crippen LogP contribution < -0.4 is 0 Å². The molecule has 0 saturated heterocycles. The molecule has 98 valence electrons. The highest BCUT2D eigenvalue weighted by Gasteiger charge is 2.11. The molecule has 3 unspecified atom stereocenters. The van der Waals surface area contributed by atoms with Crippen molar-refractivity contribution >= 4 is 8.60 Å². The van der Waals surface area contributed by atoms with E-state index in [0.29, 0.717) is 6.61 Å². The summed E-state index contributed by atoms with van der Waals surface area (Å²) in [5, 5.41) is 8.73. The standard InChI is InChI=1S/C9H21O6P/c1-7(4-10)13-5-8(2)14-6-9(3)15-16(11)12/h7-12H,4-6H2,1-3H3. The minimum Gasteiger partial charge on any atom is -0.394 e. The van der Waals surface area contributed by atoms with E-state index in [9.17, 15) is 0 Å². The molecule has 0 aliphatic carbocycles. The Morgan fingerprint density at radius 2 is 1.44 bits per heavy atom. The average molecular weight is 256 g/mol. The molecule has 0 fully saturated rings. The van der Waals surface area contributed by atoms with Gasteiger partial charge in [0.05, 0.1) is 38.1 Å². The summed E-state index contributed by atoms with van der Waals surface area (Å²) < 4.78 is 15.3. The second kappa shape index (κ2) is 9.24. The highest BCUT2D eigenvalue weighted by molar-refractivity contribution is 7.39. The van der Waals surface area contributed by atoms with Crippen LogP contribution in [0.2, 0.25) is 0 Å². The van der Waals surface area contributed by atoms with Gasteiger partial charge in [-0.15, -0.1) is 0 Å². The molecule has 6 nitrogen and oxygen atoms in total. The summed E-state index contributed by atoms with van der Waals surface area (Å²) in [6.07, 6.45) is -0.718. The average Bonchev–Trinajstić information content (AvgIpc) is 2.22. The topological polar surface area (TPSA) is 88.4 Å². The van der Waals surface area contributed by atoms with Gasteiger partial charge in [-0.1, -0.05) is 0 Å². The fourth-order valence-corrected chi connectivity index (χ4v) is 1.27. The van der Waals surface area contributed by atoms with E-state index in [1.54, 1.807) is 13.8 Å². The van der Waals surface area contributed by atoms with Gasteiger partial charge in [0, 0.05) is 0 Å². The highest BCUT2D eigenvalue weighted by atomic mass is 31.2. The quantitative estimate of drug-likeness (QED) is 0.518. The van der Waals surface area contributed by atoms with Crippen molar-refractivity contribution in [3.05, 3.63) is 0 Å². The van der Waals surface area contributed by atoms with Crippen molar-refractivity contribution in [2.75, 3.05) is 19.8 Å². The molecule has 0 aliphatic heterocycles. The number of aliphatic hydroxyl groups is 1. The van der Waals surface area contributed by atoms with E-state index in [1.807, 2.05) is 6.92 Å². The number of aliphatic hydroxyl groups excluding tert-OH is 1. The second-order valence-corrected chi connectivity index (χ2v) is 4.36. The van der Waals surface area contributed by atoms with Gasteiger partial charge in [0.2, 0.25) is 0 Å². The van der Waals surface area contributed by atoms with Crippen molar-refractivity contribution in [2.45, 2.75) is 39.1 Å². The fraction of sp³-hybridized carbons (Fsp3) is 1.00. The molecule has 0 amide bonds. The Bertz CT molecular complexity index is 168. The number of hydrogen-bond acceptors (Lipinski definition) is 6. The lowest BCUT2D eigenvalue weighted by molar-refractivity contribution is -0.0598. The van der Waals surface area contributed by atoms with Gasteiger partial charge in [0.25, 0.3) is 0 Å². The predicted molar refractivity (Wildman–Crippen MR) is 59.8 cm³/mol. The molecule has 0 aromatic carbocycles. The van der Waals surface area contributed by atoms with E-state index >= 15 is 0 Å². The maximum absolute atomic E-state index is 8.73. The van der Waals surface area contributed by atoms with Crippen LogP contribution in [0.4, 0.5) is 0 Å². The first-order chi connectivity index (χ1) is 7.45. The molecule has 0 rings (SSSR count). The van der Waals surface area contributed by atoms with Crippen molar-refractivity contribution in [3.63, 3.8) is 0 Å². The Morgan fingerprint density at radius 3 is 1.94 bits per heavy atom. The van der Waals surface area contributed by atoms with Crippen molar-refractivity contribution in [1.82, 2.24) is 0 Å². The van der Waals surface area contributed by atoms with Gasteiger partial charge >= 0.3 is 8.60 Å². The first-order valence-electron chi connectivity index (χ1n) is 5.14. The molecule has 0 spiro atoms. The van der Waals surface area contributed by atoms with Crippen LogP contribution in [0.1, 0.15) is 20.8 Å². The van der Waals surface area contributed by atoms with Crippen LogP contribution in [0.3, 0.4) is 0 Å². The molecule has 0 heterocycles. The Balaban J connectivity index is 3.52. The zero-order valence-electron chi connectivity index (χ0n) is 9.87. The van der Waals surface area contributed by atoms with E-state index < -0.39 is 8.60 Å². The van der Waals surface area contributed by atoms with Crippen molar-refractivity contribution in [1.29, 1.82) is 0 Å². The summed E-state index contributed by atoms with van der Waals surface area (Å²) in [4.78, 5) is 17.2. The second-order valence-electron chi connectivity index (χ2n) is 3.64. The summed E-state index contributed by atoms with van der Waals surface area (Å²) in [5.41, 5.74) is 0. The lowest BCUT2D eigenvalue weighted by atomic mass is 10.4. The maximum Gasteiger partial charge on any atom is 0.327 e. The van der Waals surface area contributed by atoms with Crippen LogP contribution in [0, 0.1) is 0 Å². The molecular weight excluding hydrogens is 235 g/mol. The molecule has 0 saturated carbocycles. The third kappa shape index (κ3) is 9.42. The van der Waals surface area contributed by atoms with E-state index in [-0.39, 0.29) is 31.5 Å². The van der Waals surface area contributed by atoms with Gasteiger partial charge in [0.15, 0.2) is 0 Å². The normalized spacial score (nSPS) is 17.4. The SMILES string of the molecule is CC(CO)OCC(C)OCC(C)OP(O)O. The van der Waals surface area contributed by atoms with Crippen molar-refractivity contribution in [2.24, 2.45) is 0 Å². The van der Waals surface area contributed by atoms with E-state index in [1.165, 1.54) is 0 Å². The van der Waals surface area contributed by atoms with Crippen molar-refractivity contribution in [3.8, 4) is 0 Å². The summed E-state index contributed by atoms with van der Waals surface area (Å²) >= 11 is 0. The minimum atomic E-state index is -2.34. The maximum atomic E-state index is 8.73. The smallest absolute Gasteiger partial charge is 0.327 e. The molecule has 0 radical (unpaired) electrons. The zero-order valence-corrected chi connectivity index (χ0v) is 10.8. The molecule has 16 heavy (non-hydrogen) atoms. The first-order valence-corrected chi connectivity index (χ1v) is 6.31. The molecule has 0 aliphatic rings. The summed E-state index contributed by atoms with van der Waals surface area (Å²) in [6.45, 7) is 5.90. The first kappa shape index (κ1) is 16.2. The Labute approximate surface area is 97.1 Å². The Morgan fingerprint density at radius 1 is 0.938 bits per heavy atom. The van der Waals surface area contributed by atoms with E-state index in [2.05, 4.69) is 0 Å². The molecule has 7 heteroatoms. The lowest BCUT2D eigenvalue weighted by Gasteiger charge is -2.19. The van der Waals surface area contributed by atoms with Crippen LogP contribution in [-0.2, 0) is 14.0 Å². The number of ether oxygens (including phenoxy) is 2. The number of hydrogen-bond donors (Lipinski definition) is 3. The number of rotatable bonds is 9. The Kier molecular flexibility index (Phi) is 9.35. The van der Waals surface area contributed by atoms with Crippen LogP contribution in [0.15, 0.2) is 0 Å². The van der Waals surface area contributed by atoms with Crippen LogP contribution in [0.25, 0.3) is 0 Å². The van der Waals surface area contributed by atoms with Crippen LogP contribution in [-0.4, -0.2) is 53.0 Å². The molecule has 3 atom stereocenters. The Hall–Kier alpha value is 0.190. The molecule has 3 N–H and O–H groups in total. The molecule has 0 bridgehead atoms. The van der Waals surface area contributed by atoms with Crippen LogP contribution in [0.5, 0.6) is 0 Å². The lowest BCUT2D eigenvalue weighted by Crippen LogP contribution is -2.25. The zero-order chi connectivity index (χ0) is 12.6. The fourth-order valence-electron chi connectivity index (χ4n) is 0.892. The molecule has 0 aromatic rings. The third-order valence-electron chi connectivity index (χ3n) is 1.76. The van der Waals surface area contributed by atoms with Gasteiger partial charge in [-0.25, -0.2) is 0 Å². The van der Waals surface area contributed by atoms with Gasteiger partial charge in [-0.3, -0.25) is 0 Å². The van der Waals surface area contributed by atoms with E-state index in [4.69, 9.17) is 28.9 Å². The van der Waals surface area contributed by atoms with E-state index in [0.717, 1.165) is 0 Å². The van der Waals surface area contributed by atoms with Gasteiger partial charge in [-0.2, -0.15) is 0 Å². The summed E-state index contributed by atoms with van der Waals surface area (Å²) in [7, 11) is -2.34. The molecule has 0 aromatic heterocycles. The van der Waals surface area contributed by atoms with Gasteiger partial charge in [-0.05, 0) is 20.8 Å². The third-order valence-corrected chi connectivity index (χ3v) is 2.31. The summed E-state index contributed by atoms with van der Waals surface area (Å²) in [5.74, 6) is 0. The highest BCUT2D eigenvalue weighted by Crippen LogP contribution is 2.26. The predicted octanol–water partition coefficient (Wildman–Crippen LogP) is 0.406.